The van der Waals surface area contributed by atoms with Gasteiger partial charge in [0, 0.05) is 18.8 Å². The van der Waals surface area contributed by atoms with Gasteiger partial charge in [0.15, 0.2) is 0 Å². The summed E-state index contributed by atoms with van der Waals surface area (Å²) in [6, 6.07) is 14.3. The third-order valence-electron chi connectivity index (χ3n) is 3.77. The van der Waals surface area contributed by atoms with Crippen molar-refractivity contribution < 1.29 is 8.81 Å². The molecule has 0 aliphatic carbocycles. The van der Waals surface area contributed by atoms with Crippen LogP contribution >= 0.6 is 0 Å². The summed E-state index contributed by atoms with van der Waals surface area (Å²) in [5.41, 5.74) is 2.02. The Hall–Kier alpha value is -2.46. The number of nitrogens with zero attached hydrogens (tertiary/aromatic N) is 1. The third kappa shape index (κ3) is 3.85. The first-order valence-corrected chi connectivity index (χ1v) is 7.72. The Bertz CT molecular complexity index is 738. The Morgan fingerprint density at radius 3 is 2.48 bits per heavy atom. The van der Waals surface area contributed by atoms with Gasteiger partial charge in [0.1, 0.15) is 17.3 Å². The standard InChI is InChI=1S/C19H19FN2O/c1-2-17-9-10-18(23-17)13-22-19(15-4-3-11-21-12-15)14-5-7-16(20)8-6-14/h3-12,19,22H,2,13H2,1H3/t19-/m0/s1. The monoisotopic (exact) mass is 310 g/mol. The van der Waals surface area contributed by atoms with Gasteiger partial charge in [0.05, 0.1) is 12.6 Å². The van der Waals surface area contributed by atoms with Crippen molar-refractivity contribution in [3.05, 3.63) is 89.4 Å². The molecule has 0 amide bonds. The van der Waals surface area contributed by atoms with Gasteiger partial charge in [-0.15, -0.1) is 0 Å². The average molecular weight is 310 g/mol. The lowest BCUT2D eigenvalue weighted by atomic mass is 10.00. The highest BCUT2D eigenvalue weighted by Crippen LogP contribution is 2.22. The van der Waals surface area contributed by atoms with Crippen molar-refractivity contribution in [1.82, 2.24) is 10.3 Å². The van der Waals surface area contributed by atoms with E-state index < -0.39 is 0 Å². The lowest BCUT2D eigenvalue weighted by Crippen LogP contribution is -2.22. The Morgan fingerprint density at radius 2 is 1.83 bits per heavy atom. The predicted octanol–water partition coefficient (Wildman–Crippen LogP) is 4.26. The van der Waals surface area contributed by atoms with Crippen LogP contribution in [0.25, 0.3) is 0 Å². The molecule has 23 heavy (non-hydrogen) atoms. The normalized spacial score (nSPS) is 12.3. The van der Waals surface area contributed by atoms with E-state index in [1.54, 1.807) is 18.3 Å². The van der Waals surface area contributed by atoms with Crippen molar-refractivity contribution in [3.8, 4) is 0 Å². The summed E-state index contributed by atoms with van der Waals surface area (Å²) in [6.45, 7) is 2.66. The maximum Gasteiger partial charge on any atom is 0.123 e. The maximum atomic E-state index is 13.2. The Labute approximate surface area is 135 Å². The van der Waals surface area contributed by atoms with Crippen molar-refractivity contribution in [3.63, 3.8) is 0 Å². The van der Waals surface area contributed by atoms with Crippen LogP contribution in [-0.2, 0) is 13.0 Å². The maximum absolute atomic E-state index is 13.2. The highest BCUT2D eigenvalue weighted by atomic mass is 19.1. The predicted molar refractivity (Wildman–Crippen MR) is 87.4 cm³/mol. The van der Waals surface area contributed by atoms with Gasteiger partial charge in [-0.3, -0.25) is 10.3 Å². The number of aromatic nitrogens is 1. The fourth-order valence-electron chi connectivity index (χ4n) is 2.54. The zero-order valence-corrected chi connectivity index (χ0v) is 13.0. The molecule has 1 atom stereocenters. The van der Waals surface area contributed by atoms with Crippen molar-refractivity contribution >= 4 is 0 Å². The summed E-state index contributed by atoms with van der Waals surface area (Å²) in [4.78, 5) is 4.18. The molecule has 1 N–H and O–H groups in total. The number of pyridine rings is 1. The molecule has 3 aromatic rings. The molecule has 4 heteroatoms. The number of halogens is 1. The molecule has 2 heterocycles. The van der Waals surface area contributed by atoms with Crippen LogP contribution in [0.1, 0.15) is 35.6 Å². The minimum absolute atomic E-state index is 0.0699. The zero-order valence-electron chi connectivity index (χ0n) is 13.0. The van der Waals surface area contributed by atoms with E-state index in [9.17, 15) is 4.39 Å². The fraction of sp³-hybridized carbons (Fsp3) is 0.211. The van der Waals surface area contributed by atoms with E-state index in [1.165, 1.54) is 12.1 Å². The number of hydrogen-bond acceptors (Lipinski definition) is 3. The van der Waals surface area contributed by atoms with Crippen LogP contribution in [0, 0.1) is 5.82 Å². The number of furan rings is 1. The van der Waals surface area contributed by atoms with Crippen molar-refractivity contribution in [2.24, 2.45) is 0 Å². The Balaban J connectivity index is 1.81. The molecule has 0 fully saturated rings. The molecule has 0 aliphatic rings. The molecule has 0 aliphatic heterocycles. The molecule has 118 valence electrons. The highest BCUT2D eigenvalue weighted by Gasteiger charge is 2.14. The van der Waals surface area contributed by atoms with Crippen LogP contribution in [0.15, 0.2) is 65.3 Å². The summed E-state index contributed by atoms with van der Waals surface area (Å²) in [5.74, 6) is 1.62. The Morgan fingerprint density at radius 1 is 1.04 bits per heavy atom. The second-order valence-electron chi connectivity index (χ2n) is 5.37. The molecule has 0 saturated heterocycles. The van der Waals surface area contributed by atoms with E-state index in [0.29, 0.717) is 6.54 Å². The van der Waals surface area contributed by atoms with Gasteiger partial charge >= 0.3 is 0 Å². The average Bonchev–Trinajstić information content (AvgIpc) is 3.06. The summed E-state index contributed by atoms with van der Waals surface area (Å²) in [6.07, 6.45) is 4.44. The van der Waals surface area contributed by atoms with Crippen molar-refractivity contribution in [2.75, 3.05) is 0 Å². The second-order valence-corrected chi connectivity index (χ2v) is 5.37. The van der Waals surface area contributed by atoms with Gasteiger partial charge in [-0.25, -0.2) is 4.39 Å². The van der Waals surface area contributed by atoms with E-state index in [1.807, 2.05) is 30.5 Å². The van der Waals surface area contributed by atoms with Gasteiger partial charge in [-0.2, -0.15) is 0 Å². The van der Waals surface area contributed by atoms with Crippen LogP contribution < -0.4 is 5.32 Å². The summed E-state index contributed by atoms with van der Waals surface area (Å²) < 4.78 is 18.9. The molecule has 3 nitrogen and oxygen atoms in total. The molecule has 1 aromatic carbocycles. The second kappa shape index (κ2) is 7.20. The number of benzene rings is 1. The molecule has 0 unspecified atom stereocenters. The molecule has 0 saturated carbocycles. The minimum Gasteiger partial charge on any atom is -0.465 e. The summed E-state index contributed by atoms with van der Waals surface area (Å²) >= 11 is 0. The minimum atomic E-state index is -0.239. The lowest BCUT2D eigenvalue weighted by Gasteiger charge is -2.19. The van der Waals surface area contributed by atoms with Crippen molar-refractivity contribution in [1.29, 1.82) is 0 Å². The third-order valence-corrected chi connectivity index (χ3v) is 3.77. The van der Waals surface area contributed by atoms with Gasteiger partial charge < -0.3 is 4.42 Å². The molecule has 0 bridgehead atoms. The topological polar surface area (TPSA) is 38.1 Å². The fourth-order valence-corrected chi connectivity index (χ4v) is 2.54. The Kier molecular flexibility index (Phi) is 4.83. The number of rotatable bonds is 6. The van der Waals surface area contributed by atoms with Crippen LogP contribution in [0.3, 0.4) is 0 Å². The lowest BCUT2D eigenvalue weighted by molar-refractivity contribution is 0.440. The van der Waals surface area contributed by atoms with Gasteiger partial charge in [0.2, 0.25) is 0 Å². The van der Waals surface area contributed by atoms with E-state index in [0.717, 1.165) is 29.1 Å². The van der Waals surface area contributed by atoms with Crippen molar-refractivity contribution in [2.45, 2.75) is 25.9 Å². The van der Waals surface area contributed by atoms with Crippen LogP contribution in [0.2, 0.25) is 0 Å². The SMILES string of the molecule is CCc1ccc(CN[C@@H](c2ccc(F)cc2)c2cccnc2)o1. The van der Waals surface area contributed by atoms with Crippen LogP contribution in [0.5, 0.6) is 0 Å². The first-order chi connectivity index (χ1) is 11.3. The van der Waals surface area contributed by atoms with E-state index in [4.69, 9.17) is 4.42 Å². The van der Waals surface area contributed by atoms with Gasteiger partial charge in [-0.05, 0) is 41.5 Å². The van der Waals surface area contributed by atoms with E-state index in [2.05, 4.69) is 17.2 Å². The van der Waals surface area contributed by atoms with E-state index in [-0.39, 0.29) is 11.9 Å². The quantitative estimate of drug-likeness (QED) is 0.739. The first-order valence-electron chi connectivity index (χ1n) is 7.72. The molecule has 0 radical (unpaired) electrons. The van der Waals surface area contributed by atoms with E-state index >= 15 is 0 Å². The van der Waals surface area contributed by atoms with Gasteiger partial charge in [-0.1, -0.05) is 25.1 Å². The first kappa shape index (κ1) is 15.4. The zero-order chi connectivity index (χ0) is 16.1. The highest BCUT2D eigenvalue weighted by molar-refractivity contribution is 5.30. The molecule has 2 aromatic heterocycles. The summed E-state index contributed by atoms with van der Waals surface area (Å²) in [5, 5.41) is 3.47. The smallest absolute Gasteiger partial charge is 0.123 e. The number of nitrogens with one attached hydrogen (secondary N) is 1. The largest absolute Gasteiger partial charge is 0.465 e. The number of hydrogen-bond donors (Lipinski definition) is 1. The molecule has 3 rings (SSSR count). The van der Waals surface area contributed by atoms with Gasteiger partial charge in [0.25, 0.3) is 0 Å². The molecule has 0 spiro atoms. The number of aryl methyl sites for hydroxylation is 1. The van der Waals surface area contributed by atoms with Crippen LogP contribution in [-0.4, -0.2) is 4.98 Å². The summed E-state index contributed by atoms with van der Waals surface area (Å²) in [7, 11) is 0. The van der Waals surface area contributed by atoms with Crippen LogP contribution in [0.4, 0.5) is 4.39 Å². The molecular formula is C19H19FN2O. The molecular weight excluding hydrogens is 291 g/mol.